The summed E-state index contributed by atoms with van der Waals surface area (Å²) in [4.78, 5) is 4.02. The van der Waals surface area contributed by atoms with Crippen LogP contribution in [0.15, 0.2) is 29.6 Å². The number of pyridine rings is 1. The maximum absolute atomic E-state index is 5.04. The predicted molar refractivity (Wildman–Crippen MR) is 72.1 cm³/mol. The van der Waals surface area contributed by atoms with Gasteiger partial charge in [-0.15, -0.1) is 0 Å². The number of thiocarbonyl (C=S) groups is 1. The molecule has 0 unspecified atom stereocenters. The van der Waals surface area contributed by atoms with Crippen LogP contribution in [0.3, 0.4) is 0 Å². The smallest absolute Gasteiger partial charge is 0.187 e. The van der Waals surface area contributed by atoms with Crippen molar-refractivity contribution in [3.05, 3.63) is 30.1 Å². The fourth-order valence-corrected chi connectivity index (χ4v) is 1.23. The van der Waals surface area contributed by atoms with Gasteiger partial charge in [0.15, 0.2) is 5.11 Å². The van der Waals surface area contributed by atoms with Crippen LogP contribution < -0.4 is 10.7 Å². The van der Waals surface area contributed by atoms with Crippen LogP contribution in [0, 0.1) is 0 Å². The highest BCUT2D eigenvalue weighted by atomic mass is 32.1. The average Bonchev–Trinajstić information content (AvgIpc) is 2.37. The Kier molecular flexibility index (Phi) is 6.13. The lowest BCUT2D eigenvalue weighted by atomic mass is 10.2. The lowest BCUT2D eigenvalue weighted by molar-refractivity contribution is 0.204. The topological polar surface area (TPSA) is 58.5 Å². The molecule has 2 N–H and O–H groups in total. The molecule has 1 aromatic heterocycles. The van der Waals surface area contributed by atoms with E-state index in [1.54, 1.807) is 19.5 Å². The van der Waals surface area contributed by atoms with E-state index in [1.807, 2.05) is 19.1 Å². The molecule has 17 heavy (non-hydrogen) atoms. The van der Waals surface area contributed by atoms with Crippen LogP contribution in [0.25, 0.3) is 0 Å². The Balaban J connectivity index is 2.40. The first kappa shape index (κ1) is 13.5. The number of nitrogens with zero attached hydrogens (tertiary/aromatic N) is 2. The number of aromatic nitrogens is 1. The third-order valence-electron chi connectivity index (χ3n) is 2.00. The number of methoxy groups -OCH3 is 1. The normalized spacial score (nSPS) is 11.1. The minimum absolute atomic E-state index is 0.477. The second kappa shape index (κ2) is 7.70. The van der Waals surface area contributed by atoms with Crippen molar-refractivity contribution >= 4 is 23.0 Å². The van der Waals surface area contributed by atoms with E-state index in [4.69, 9.17) is 17.0 Å². The van der Waals surface area contributed by atoms with Crippen LogP contribution in [0.4, 0.5) is 0 Å². The minimum Gasteiger partial charge on any atom is -0.383 e. The Bertz CT molecular complexity index is 380. The molecule has 0 aliphatic carbocycles. The van der Waals surface area contributed by atoms with Gasteiger partial charge >= 0.3 is 0 Å². The molecule has 1 aromatic rings. The quantitative estimate of drug-likeness (QED) is 0.353. The van der Waals surface area contributed by atoms with Gasteiger partial charge in [0.2, 0.25) is 0 Å². The summed E-state index contributed by atoms with van der Waals surface area (Å²) in [5.41, 5.74) is 4.55. The van der Waals surface area contributed by atoms with Crippen LogP contribution in [0.2, 0.25) is 0 Å². The van der Waals surface area contributed by atoms with Crippen LogP contribution in [-0.2, 0) is 4.74 Å². The van der Waals surface area contributed by atoms with Gasteiger partial charge in [0.05, 0.1) is 12.3 Å². The van der Waals surface area contributed by atoms with Crippen molar-refractivity contribution in [3.8, 4) is 0 Å². The molecule has 0 radical (unpaired) electrons. The second-order valence-electron chi connectivity index (χ2n) is 3.30. The molecule has 0 saturated heterocycles. The molecule has 1 heterocycles. The molecule has 6 heteroatoms. The molecule has 0 bridgehead atoms. The van der Waals surface area contributed by atoms with Crippen molar-refractivity contribution in [1.82, 2.24) is 15.7 Å². The van der Waals surface area contributed by atoms with Crippen molar-refractivity contribution in [3.63, 3.8) is 0 Å². The fraction of sp³-hybridized carbons (Fsp3) is 0.364. The summed E-state index contributed by atoms with van der Waals surface area (Å²) in [5, 5.41) is 7.60. The number of hydrogen-bond donors (Lipinski definition) is 2. The monoisotopic (exact) mass is 252 g/mol. The van der Waals surface area contributed by atoms with E-state index in [0.29, 0.717) is 18.3 Å². The molecule has 0 fully saturated rings. The molecular weight excluding hydrogens is 236 g/mol. The van der Waals surface area contributed by atoms with E-state index >= 15 is 0 Å². The Morgan fingerprint density at radius 2 is 2.41 bits per heavy atom. The van der Waals surface area contributed by atoms with E-state index in [1.165, 1.54) is 0 Å². The number of ether oxygens (including phenoxy) is 1. The maximum Gasteiger partial charge on any atom is 0.187 e. The number of hydrogen-bond acceptors (Lipinski definition) is 4. The van der Waals surface area contributed by atoms with Crippen molar-refractivity contribution in [2.75, 3.05) is 20.3 Å². The third-order valence-corrected chi connectivity index (χ3v) is 2.23. The van der Waals surface area contributed by atoms with Crippen LogP contribution in [-0.4, -0.2) is 36.1 Å². The van der Waals surface area contributed by atoms with Gasteiger partial charge in [-0.05, 0) is 25.2 Å². The highest BCUT2D eigenvalue weighted by molar-refractivity contribution is 7.80. The third kappa shape index (κ3) is 5.37. The van der Waals surface area contributed by atoms with Crippen LogP contribution in [0.5, 0.6) is 0 Å². The van der Waals surface area contributed by atoms with Gasteiger partial charge < -0.3 is 10.1 Å². The molecule has 0 atom stereocenters. The first-order valence-electron chi connectivity index (χ1n) is 5.21. The van der Waals surface area contributed by atoms with Crippen molar-refractivity contribution in [2.45, 2.75) is 6.92 Å². The summed E-state index contributed by atoms with van der Waals surface area (Å²) in [7, 11) is 1.64. The van der Waals surface area contributed by atoms with E-state index in [0.717, 1.165) is 11.3 Å². The molecule has 0 spiro atoms. The van der Waals surface area contributed by atoms with Crippen molar-refractivity contribution in [1.29, 1.82) is 0 Å². The summed E-state index contributed by atoms with van der Waals surface area (Å²) in [6.45, 7) is 3.15. The lowest BCUT2D eigenvalue weighted by Crippen LogP contribution is -2.34. The Morgan fingerprint density at radius 3 is 3.06 bits per heavy atom. The summed E-state index contributed by atoms with van der Waals surface area (Å²) >= 11 is 5.04. The first-order valence-corrected chi connectivity index (χ1v) is 5.62. The van der Waals surface area contributed by atoms with Crippen LogP contribution in [0.1, 0.15) is 12.5 Å². The van der Waals surface area contributed by atoms with E-state index in [9.17, 15) is 0 Å². The Morgan fingerprint density at radius 1 is 1.59 bits per heavy atom. The highest BCUT2D eigenvalue weighted by Crippen LogP contribution is 1.97. The highest BCUT2D eigenvalue weighted by Gasteiger charge is 1.97. The number of rotatable bonds is 5. The zero-order chi connectivity index (χ0) is 12.5. The molecule has 0 saturated carbocycles. The SMILES string of the molecule is COCCNC(=S)N/N=C(/C)c1cccnc1. The average molecular weight is 252 g/mol. The van der Waals surface area contributed by atoms with Crippen LogP contribution >= 0.6 is 12.2 Å². The molecule has 5 nitrogen and oxygen atoms in total. The lowest BCUT2D eigenvalue weighted by Gasteiger charge is -2.07. The summed E-state index contributed by atoms with van der Waals surface area (Å²) in [6.07, 6.45) is 3.48. The number of nitrogens with one attached hydrogen (secondary N) is 2. The Labute approximate surface area is 106 Å². The molecule has 1 rings (SSSR count). The molecule has 0 amide bonds. The molecular formula is C11H16N4OS. The van der Waals surface area contributed by atoms with Gasteiger partial charge in [0, 0.05) is 31.6 Å². The van der Waals surface area contributed by atoms with Gasteiger partial charge in [-0.3, -0.25) is 10.4 Å². The molecule has 0 aliphatic rings. The van der Waals surface area contributed by atoms with Gasteiger partial charge in [0.1, 0.15) is 0 Å². The maximum atomic E-state index is 5.04. The molecule has 0 aliphatic heterocycles. The Hall–Kier alpha value is -1.53. The van der Waals surface area contributed by atoms with E-state index < -0.39 is 0 Å². The second-order valence-corrected chi connectivity index (χ2v) is 3.71. The first-order chi connectivity index (χ1) is 8.24. The standard InChI is InChI=1S/C11H16N4OS/c1-9(10-4-3-5-12-8-10)14-15-11(17)13-6-7-16-2/h3-5,8H,6-7H2,1-2H3,(H2,13,15,17)/b14-9-. The zero-order valence-electron chi connectivity index (χ0n) is 9.93. The van der Waals surface area contributed by atoms with Gasteiger partial charge in [-0.1, -0.05) is 6.07 Å². The fourth-order valence-electron chi connectivity index (χ4n) is 1.08. The van der Waals surface area contributed by atoms with E-state index in [2.05, 4.69) is 20.8 Å². The van der Waals surface area contributed by atoms with Crippen molar-refractivity contribution < 1.29 is 4.74 Å². The van der Waals surface area contributed by atoms with Gasteiger partial charge in [0.25, 0.3) is 0 Å². The molecule has 92 valence electrons. The molecule has 0 aromatic carbocycles. The van der Waals surface area contributed by atoms with E-state index in [-0.39, 0.29) is 0 Å². The van der Waals surface area contributed by atoms with Crippen molar-refractivity contribution in [2.24, 2.45) is 5.10 Å². The predicted octanol–water partition coefficient (Wildman–Crippen LogP) is 0.916. The number of hydrazone groups is 1. The van der Waals surface area contributed by atoms with Gasteiger partial charge in [-0.2, -0.15) is 5.10 Å². The summed E-state index contributed by atoms with van der Waals surface area (Å²) in [6, 6.07) is 3.80. The summed E-state index contributed by atoms with van der Waals surface area (Å²) < 4.78 is 4.89. The largest absolute Gasteiger partial charge is 0.383 e. The summed E-state index contributed by atoms with van der Waals surface area (Å²) in [5.74, 6) is 0. The zero-order valence-corrected chi connectivity index (χ0v) is 10.8. The van der Waals surface area contributed by atoms with Gasteiger partial charge in [-0.25, -0.2) is 0 Å². The minimum atomic E-state index is 0.477.